The highest BCUT2D eigenvalue weighted by molar-refractivity contribution is 5.80. The molecule has 6 rings (SSSR count). The van der Waals surface area contributed by atoms with Crippen molar-refractivity contribution in [3.8, 4) is 16.9 Å². The second-order valence-electron chi connectivity index (χ2n) is 12.2. The van der Waals surface area contributed by atoms with Gasteiger partial charge in [0.25, 0.3) is 0 Å². The maximum atomic E-state index is 13.6. The molecule has 4 atom stereocenters. The topological polar surface area (TPSA) is 92.2 Å². The molecule has 1 aliphatic carbocycles. The summed E-state index contributed by atoms with van der Waals surface area (Å²) >= 11 is 0. The molecule has 47 heavy (non-hydrogen) atoms. The first-order chi connectivity index (χ1) is 22.1. The second kappa shape index (κ2) is 11.6. The van der Waals surface area contributed by atoms with Crippen molar-refractivity contribution in [2.75, 3.05) is 25.1 Å². The van der Waals surface area contributed by atoms with Gasteiger partial charge in [-0.2, -0.15) is 26.3 Å². The van der Waals surface area contributed by atoms with Crippen LogP contribution in [0.3, 0.4) is 0 Å². The zero-order chi connectivity index (χ0) is 34.0. The highest BCUT2D eigenvalue weighted by atomic mass is 19.4. The molecule has 0 unspecified atom stereocenters. The average molecular weight is 664 g/mol. The van der Waals surface area contributed by atoms with Gasteiger partial charge in [-0.15, -0.1) is 0 Å². The molecule has 3 aliphatic rings. The van der Waals surface area contributed by atoms with Gasteiger partial charge in [-0.05, 0) is 85.7 Å². The van der Waals surface area contributed by atoms with Gasteiger partial charge in [0.2, 0.25) is 0 Å². The lowest BCUT2D eigenvalue weighted by molar-refractivity contribution is -0.143. The molecule has 1 aromatic heterocycles. The van der Waals surface area contributed by atoms with E-state index in [1.54, 1.807) is 6.07 Å². The van der Waals surface area contributed by atoms with E-state index in [0.29, 0.717) is 46.9 Å². The molecule has 1 saturated carbocycles. The number of hydrogen-bond donors (Lipinski definition) is 1. The molecule has 2 saturated heterocycles. The number of rotatable bonds is 8. The third-order valence-electron chi connectivity index (χ3n) is 9.14. The van der Waals surface area contributed by atoms with Gasteiger partial charge in [-0.3, -0.25) is 9.69 Å². The zero-order valence-corrected chi connectivity index (χ0v) is 25.6. The Hall–Kier alpha value is -4.49. The molecule has 3 heterocycles. The summed E-state index contributed by atoms with van der Waals surface area (Å²) in [6, 6.07) is 7.51. The number of carboxylic acid groups (broad SMARTS) is 1. The van der Waals surface area contributed by atoms with E-state index in [0.717, 1.165) is 30.6 Å². The number of pyridine rings is 1. The minimum absolute atomic E-state index is 0.0325. The second-order valence-corrected chi connectivity index (χ2v) is 12.2. The van der Waals surface area contributed by atoms with E-state index in [1.165, 1.54) is 18.9 Å². The van der Waals surface area contributed by atoms with Crippen LogP contribution >= 0.6 is 0 Å². The van der Waals surface area contributed by atoms with Crippen LogP contribution in [-0.2, 0) is 28.4 Å². The van der Waals surface area contributed by atoms with Crippen LogP contribution in [0.2, 0.25) is 0 Å². The molecule has 3 fully saturated rings. The van der Waals surface area contributed by atoms with Crippen LogP contribution in [0.25, 0.3) is 11.1 Å². The summed E-state index contributed by atoms with van der Waals surface area (Å²) in [4.78, 5) is 33.0. The van der Waals surface area contributed by atoms with E-state index in [2.05, 4.69) is 0 Å². The smallest absolute Gasteiger partial charge is 0.416 e. The Kier molecular flexibility index (Phi) is 8.03. The van der Waals surface area contributed by atoms with Crippen molar-refractivity contribution in [3.05, 3.63) is 76.0 Å². The SMILES string of the molecule is COc1ccc([C@H]2C[C@@H]2C(=O)O)cc1-c1c(C)cc(N2CCC2)nc1CN1C(=O)O[C@H](c2cc(C(F)(F)F)cc(C(F)(F)F)c2)[C@@H]1C. The number of aliphatic carboxylic acids is 1. The maximum Gasteiger partial charge on any atom is 0.416 e. The number of alkyl halides is 6. The van der Waals surface area contributed by atoms with Crippen LogP contribution in [0, 0.1) is 12.8 Å². The number of methoxy groups -OCH3 is 1. The standard InChI is InChI=1S/C33H31F6N3O5/c1-16-9-27(41-7-4-8-41)40-25(28(16)24-12-18(5-6-26(24)46-3)22-14-23(22)30(43)44)15-42-17(2)29(47-31(42)45)19-10-20(32(34,35)36)13-21(11-19)33(37,38)39/h5-6,9-13,17,22-23,29H,4,7-8,14-15H2,1-3H3,(H,43,44)/t17-,22+,23-,29-/m0/s1. The number of cyclic esters (lactones) is 1. The molecule has 0 radical (unpaired) electrons. The molecule has 3 aromatic rings. The molecular weight excluding hydrogens is 632 g/mol. The van der Waals surface area contributed by atoms with Crippen LogP contribution < -0.4 is 9.64 Å². The van der Waals surface area contributed by atoms with Crippen molar-refractivity contribution in [1.82, 2.24) is 9.88 Å². The molecule has 250 valence electrons. The van der Waals surface area contributed by atoms with Crippen molar-refractivity contribution in [2.24, 2.45) is 5.92 Å². The van der Waals surface area contributed by atoms with Gasteiger partial charge in [-0.1, -0.05) is 6.07 Å². The molecular formula is C33H31F6N3O5. The fourth-order valence-corrected chi connectivity index (χ4v) is 6.36. The summed E-state index contributed by atoms with van der Waals surface area (Å²) < 4.78 is 92.8. The molecule has 0 bridgehead atoms. The van der Waals surface area contributed by atoms with Crippen molar-refractivity contribution < 1.29 is 50.5 Å². The highest BCUT2D eigenvalue weighted by Gasteiger charge is 2.45. The zero-order valence-electron chi connectivity index (χ0n) is 25.6. The number of nitrogens with zero attached hydrogens (tertiary/aromatic N) is 3. The maximum absolute atomic E-state index is 13.6. The molecule has 1 N–H and O–H groups in total. The number of benzene rings is 2. The molecule has 14 heteroatoms. The molecule has 8 nitrogen and oxygen atoms in total. The van der Waals surface area contributed by atoms with Crippen molar-refractivity contribution in [1.29, 1.82) is 0 Å². The number of halogens is 6. The highest BCUT2D eigenvalue weighted by Crippen LogP contribution is 2.50. The lowest BCUT2D eigenvalue weighted by Gasteiger charge is -2.33. The summed E-state index contributed by atoms with van der Waals surface area (Å²) in [6.45, 7) is 4.72. The minimum Gasteiger partial charge on any atom is -0.496 e. The van der Waals surface area contributed by atoms with Crippen molar-refractivity contribution in [2.45, 2.75) is 63.7 Å². The fourth-order valence-electron chi connectivity index (χ4n) is 6.36. The molecule has 0 spiro atoms. The summed E-state index contributed by atoms with van der Waals surface area (Å²) in [5.74, 6) is -0.445. The number of carbonyl (C=O) groups excluding carboxylic acids is 1. The van der Waals surface area contributed by atoms with Gasteiger partial charge in [0, 0.05) is 24.2 Å². The number of carbonyl (C=O) groups is 2. The van der Waals surface area contributed by atoms with Gasteiger partial charge in [0.05, 0.1) is 42.4 Å². The number of carboxylic acids is 1. The van der Waals surface area contributed by atoms with Gasteiger partial charge in [0.1, 0.15) is 17.7 Å². The van der Waals surface area contributed by atoms with Crippen molar-refractivity contribution >= 4 is 17.9 Å². The number of aryl methyl sites for hydroxylation is 1. The number of aromatic nitrogens is 1. The van der Waals surface area contributed by atoms with E-state index in [-0.39, 0.29) is 18.5 Å². The van der Waals surface area contributed by atoms with E-state index in [4.69, 9.17) is 14.5 Å². The van der Waals surface area contributed by atoms with Crippen LogP contribution in [0.1, 0.15) is 65.3 Å². The molecule has 1 amide bonds. The number of anilines is 1. The first kappa shape index (κ1) is 32.5. The predicted octanol–water partition coefficient (Wildman–Crippen LogP) is 7.58. The summed E-state index contributed by atoms with van der Waals surface area (Å²) in [7, 11) is 1.49. The third kappa shape index (κ3) is 6.17. The normalized spacial score (nSPS) is 22.6. The Labute approximate surface area is 265 Å². The largest absolute Gasteiger partial charge is 0.496 e. The Morgan fingerprint density at radius 3 is 2.21 bits per heavy atom. The Balaban J connectivity index is 1.40. The lowest BCUT2D eigenvalue weighted by atomic mass is 9.93. The quantitative estimate of drug-likeness (QED) is 0.249. The van der Waals surface area contributed by atoms with Gasteiger partial charge in [0.15, 0.2) is 0 Å². The Bertz CT molecular complexity index is 1710. The first-order valence-corrected chi connectivity index (χ1v) is 15.0. The summed E-state index contributed by atoms with van der Waals surface area (Å²) in [5, 5.41) is 9.49. The van der Waals surface area contributed by atoms with Gasteiger partial charge >= 0.3 is 24.4 Å². The van der Waals surface area contributed by atoms with Crippen molar-refractivity contribution in [3.63, 3.8) is 0 Å². The number of amides is 1. The van der Waals surface area contributed by atoms with E-state index >= 15 is 0 Å². The van der Waals surface area contributed by atoms with Gasteiger partial charge in [-0.25, -0.2) is 9.78 Å². The Morgan fingerprint density at radius 2 is 1.68 bits per heavy atom. The van der Waals surface area contributed by atoms with Crippen LogP contribution in [0.15, 0.2) is 42.5 Å². The van der Waals surface area contributed by atoms with Crippen LogP contribution in [-0.4, -0.2) is 53.3 Å². The minimum atomic E-state index is -5.06. The van der Waals surface area contributed by atoms with Crippen LogP contribution in [0.4, 0.5) is 37.0 Å². The molecule has 2 aliphatic heterocycles. The van der Waals surface area contributed by atoms with E-state index in [9.17, 15) is 41.0 Å². The van der Waals surface area contributed by atoms with E-state index < -0.39 is 59.2 Å². The Morgan fingerprint density at radius 1 is 1.02 bits per heavy atom. The first-order valence-electron chi connectivity index (χ1n) is 15.0. The fraction of sp³-hybridized carbons (Fsp3) is 0.424. The monoisotopic (exact) mass is 663 g/mol. The van der Waals surface area contributed by atoms with Crippen LogP contribution in [0.5, 0.6) is 5.75 Å². The number of ether oxygens (including phenoxy) is 2. The predicted molar refractivity (Wildman–Crippen MR) is 157 cm³/mol. The molecule has 2 aromatic carbocycles. The third-order valence-corrected chi connectivity index (χ3v) is 9.14. The van der Waals surface area contributed by atoms with Gasteiger partial charge < -0.3 is 19.5 Å². The average Bonchev–Trinajstić information content (AvgIpc) is 3.72. The summed E-state index contributed by atoms with van der Waals surface area (Å²) in [6.07, 6.45) is -11.0. The van der Waals surface area contributed by atoms with E-state index in [1.807, 2.05) is 30.0 Å². The summed E-state index contributed by atoms with van der Waals surface area (Å²) in [5.41, 5.74) is -0.217. The lowest BCUT2D eigenvalue weighted by Crippen LogP contribution is -2.38. The number of hydrogen-bond acceptors (Lipinski definition) is 6.